The van der Waals surface area contributed by atoms with Gasteiger partial charge in [-0.05, 0) is 36.7 Å². The number of hydrogen-bond acceptors (Lipinski definition) is 5. The van der Waals surface area contributed by atoms with Crippen LogP contribution >= 0.6 is 23.4 Å². The normalized spacial score (nSPS) is 12.7. The molecule has 1 aromatic carbocycles. The third kappa shape index (κ3) is 3.25. The molecular weight excluding hydrogens is 270 g/mol. The van der Waals surface area contributed by atoms with Crippen molar-refractivity contribution < 1.29 is 4.42 Å². The molecule has 0 saturated heterocycles. The quantitative estimate of drug-likeness (QED) is 0.934. The molecule has 1 heterocycles. The second-order valence-electron chi connectivity index (χ2n) is 4.10. The summed E-state index contributed by atoms with van der Waals surface area (Å²) in [5.41, 5.74) is 6.93. The molecule has 1 aromatic heterocycles. The van der Waals surface area contributed by atoms with Gasteiger partial charge >= 0.3 is 0 Å². The number of rotatable bonds is 4. The van der Waals surface area contributed by atoms with Gasteiger partial charge in [0.1, 0.15) is 0 Å². The van der Waals surface area contributed by atoms with E-state index in [0.29, 0.717) is 16.1 Å². The van der Waals surface area contributed by atoms with Crippen LogP contribution in [-0.2, 0) is 6.42 Å². The van der Waals surface area contributed by atoms with Gasteiger partial charge in [0.25, 0.3) is 5.22 Å². The Kier molecular flexibility index (Phi) is 4.27. The number of halogens is 1. The summed E-state index contributed by atoms with van der Waals surface area (Å²) in [6, 6.07) is 5.86. The van der Waals surface area contributed by atoms with Crippen LogP contribution in [0.25, 0.3) is 0 Å². The second kappa shape index (κ2) is 5.73. The Morgan fingerprint density at radius 2 is 2.22 bits per heavy atom. The molecule has 6 heteroatoms. The van der Waals surface area contributed by atoms with E-state index in [2.05, 4.69) is 10.2 Å². The minimum Gasteiger partial charge on any atom is -0.416 e. The van der Waals surface area contributed by atoms with Crippen LogP contribution in [0.4, 0.5) is 0 Å². The molecule has 0 fully saturated rings. The molecule has 0 aliphatic rings. The molecule has 0 aliphatic carbocycles. The fourth-order valence-electron chi connectivity index (χ4n) is 1.58. The maximum absolute atomic E-state index is 6.22. The van der Waals surface area contributed by atoms with Gasteiger partial charge in [-0.25, -0.2) is 0 Å². The summed E-state index contributed by atoms with van der Waals surface area (Å²) in [5, 5.41) is 8.92. The second-order valence-corrected chi connectivity index (χ2v) is 5.47. The van der Waals surface area contributed by atoms with E-state index in [1.807, 2.05) is 25.1 Å². The number of aromatic nitrogens is 2. The zero-order valence-electron chi connectivity index (χ0n) is 10.2. The SMILES string of the molecule is Cc1nnc(Sc2c(Cl)cccc2CC(C)N)o1. The summed E-state index contributed by atoms with van der Waals surface area (Å²) in [6.45, 7) is 3.72. The smallest absolute Gasteiger partial charge is 0.281 e. The van der Waals surface area contributed by atoms with Gasteiger partial charge in [-0.3, -0.25) is 0 Å². The van der Waals surface area contributed by atoms with E-state index in [9.17, 15) is 0 Å². The van der Waals surface area contributed by atoms with E-state index >= 15 is 0 Å². The van der Waals surface area contributed by atoms with Gasteiger partial charge < -0.3 is 10.2 Å². The molecular formula is C12H14ClN3OS. The zero-order chi connectivity index (χ0) is 13.1. The van der Waals surface area contributed by atoms with E-state index in [-0.39, 0.29) is 6.04 Å². The fourth-order valence-corrected chi connectivity index (χ4v) is 2.76. The Morgan fingerprint density at radius 3 is 2.83 bits per heavy atom. The molecule has 96 valence electrons. The first-order valence-electron chi connectivity index (χ1n) is 5.57. The molecule has 0 aliphatic heterocycles. The summed E-state index contributed by atoms with van der Waals surface area (Å²) in [5.74, 6) is 0.540. The van der Waals surface area contributed by atoms with E-state index in [1.54, 1.807) is 6.92 Å². The average Bonchev–Trinajstić information content (AvgIpc) is 2.68. The first kappa shape index (κ1) is 13.4. The summed E-state index contributed by atoms with van der Waals surface area (Å²) in [6.07, 6.45) is 0.760. The summed E-state index contributed by atoms with van der Waals surface area (Å²) in [7, 11) is 0. The monoisotopic (exact) mass is 283 g/mol. The molecule has 2 rings (SSSR count). The van der Waals surface area contributed by atoms with Gasteiger partial charge in [-0.15, -0.1) is 10.2 Å². The van der Waals surface area contributed by atoms with Crippen molar-refractivity contribution in [1.82, 2.24) is 10.2 Å². The standard InChI is InChI=1S/C12H14ClN3OS/c1-7(14)6-9-4-3-5-10(13)11(9)18-12-16-15-8(2)17-12/h3-5,7H,6,14H2,1-2H3. The van der Waals surface area contributed by atoms with E-state index in [4.69, 9.17) is 21.8 Å². The first-order valence-corrected chi connectivity index (χ1v) is 6.76. The highest BCUT2D eigenvalue weighted by Crippen LogP contribution is 2.35. The van der Waals surface area contributed by atoms with Gasteiger partial charge in [-0.1, -0.05) is 23.7 Å². The van der Waals surface area contributed by atoms with Crippen LogP contribution < -0.4 is 5.73 Å². The van der Waals surface area contributed by atoms with Crippen LogP contribution in [0.15, 0.2) is 32.7 Å². The Morgan fingerprint density at radius 1 is 1.44 bits per heavy atom. The number of aryl methyl sites for hydroxylation is 1. The third-order valence-corrected chi connectivity index (χ3v) is 3.74. The lowest BCUT2D eigenvalue weighted by Crippen LogP contribution is -2.18. The molecule has 2 N–H and O–H groups in total. The van der Waals surface area contributed by atoms with Crippen LogP contribution in [-0.4, -0.2) is 16.2 Å². The highest BCUT2D eigenvalue weighted by molar-refractivity contribution is 7.99. The van der Waals surface area contributed by atoms with Crippen LogP contribution in [0.3, 0.4) is 0 Å². The highest BCUT2D eigenvalue weighted by atomic mass is 35.5. The number of benzene rings is 1. The lowest BCUT2D eigenvalue weighted by Gasteiger charge is -2.11. The van der Waals surface area contributed by atoms with E-state index in [1.165, 1.54) is 11.8 Å². The molecule has 1 atom stereocenters. The van der Waals surface area contributed by atoms with Crippen LogP contribution in [0.1, 0.15) is 18.4 Å². The van der Waals surface area contributed by atoms with Crippen LogP contribution in [0, 0.1) is 6.92 Å². The van der Waals surface area contributed by atoms with Crippen molar-refractivity contribution in [1.29, 1.82) is 0 Å². The molecule has 0 spiro atoms. The van der Waals surface area contributed by atoms with Crippen molar-refractivity contribution in [3.8, 4) is 0 Å². The fraction of sp³-hybridized carbons (Fsp3) is 0.333. The predicted octanol–water partition coefficient (Wildman–Crippen LogP) is 3.07. The van der Waals surface area contributed by atoms with Gasteiger partial charge in [0.15, 0.2) is 0 Å². The Hall–Kier alpha value is -1.04. The van der Waals surface area contributed by atoms with Crippen LogP contribution in [0.2, 0.25) is 5.02 Å². The summed E-state index contributed by atoms with van der Waals surface area (Å²) in [4.78, 5) is 0.931. The minimum atomic E-state index is 0.0761. The molecule has 18 heavy (non-hydrogen) atoms. The zero-order valence-corrected chi connectivity index (χ0v) is 11.8. The van der Waals surface area contributed by atoms with Gasteiger partial charge in [0, 0.05) is 17.9 Å². The highest BCUT2D eigenvalue weighted by Gasteiger charge is 2.13. The van der Waals surface area contributed by atoms with Crippen molar-refractivity contribution in [2.24, 2.45) is 5.73 Å². The third-order valence-electron chi connectivity index (χ3n) is 2.29. The topological polar surface area (TPSA) is 64.9 Å². The van der Waals surface area contributed by atoms with Gasteiger partial charge in [0.2, 0.25) is 5.89 Å². The first-order chi connectivity index (χ1) is 8.56. The van der Waals surface area contributed by atoms with Gasteiger partial charge in [0.05, 0.1) is 5.02 Å². The molecule has 1 unspecified atom stereocenters. The van der Waals surface area contributed by atoms with Crippen molar-refractivity contribution in [2.45, 2.75) is 36.4 Å². The molecule has 0 radical (unpaired) electrons. The molecule has 4 nitrogen and oxygen atoms in total. The average molecular weight is 284 g/mol. The van der Waals surface area contributed by atoms with Crippen molar-refractivity contribution in [3.63, 3.8) is 0 Å². The maximum Gasteiger partial charge on any atom is 0.281 e. The lowest BCUT2D eigenvalue weighted by molar-refractivity contribution is 0.429. The Labute approximate surface area is 115 Å². The molecule has 0 bridgehead atoms. The van der Waals surface area contributed by atoms with Gasteiger partial charge in [-0.2, -0.15) is 0 Å². The maximum atomic E-state index is 6.22. The minimum absolute atomic E-state index is 0.0761. The predicted molar refractivity (Wildman–Crippen MR) is 72.0 cm³/mol. The number of hydrogen-bond donors (Lipinski definition) is 1. The Bertz CT molecular complexity index is 542. The van der Waals surface area contributed by atoms with E-state index in [0.717, 1.165) is 16.9 Å². The van der Waals surface area contributed by atoms with Crippen molar-refractivity contribution >= 4 is 23.4 Å². The summed E-state index contributed by atoms with van der Waals surface area (Å²) >= 11 is 7.59. The molecule has 0 saturated carbocycles. The molecule has 2 aromatic rings. The lowest BCUT2D eigenvalue weighted by atomic mass is 10.1. The number of nitrogens with two attached hydrogens (primary N) is 1. The van der Waals surface area contributed by atoms with Crippen molar-refractivity contribution in [2.75, 3.05) is 0 Å². The Balaban J connectivity index is 2.30. The summed E-state index contributed by atoms with van der Waals surface area (Å²) < 4.78 is 5.35. The van der Waals surface area contributed by atoms with Crippen LogP contribution in [0.5, 0.6) is 0 Å². The van der Waals surface area contributed by atoms with E-state index < -0.39 is 0 Å². The largest absolute Gasteiger partial charge is 0.416 e. The van der Waals surface area contributed by atoms with Crippen molar-refractivity contribution in [3.05, 3.63) is 34.7 Å². The molecule has 0 amide bonds. The number of nitrogens with zero attached hydrogens (tertiary/aromatic N) is 2.